The van der Waals surface area contributed by atoms with Gasteiger partial charge in [-0.15, -0.1) is 0 Å². The van der Waals surface area contributed by atoms with E-state index in [0.29, 0.717) is 11.3 Å². The smallest absolute Gasteiger partial charge is 0.253 e. The van der Waals surface area contributed by atoms with Crippen LogP contribution in [0.4, 0.5) is 0 Å². The number of hydrogen-bond acceptors (Lipinski definition) is 4. The van der Waals surface area contributed by atoms with Crippen molar-refractivity contribution in [2.45, 2.75) is 6.04 Å². The number of rotatable bonds is 6. The molecule has 3 rings (SSSR count). The minimum Gasteiger partial charge on any atom is -0.497 e. The third-order valence-corrected chi connectivity index (χ3v) is 5.65. The number of ether oxygens (including phenoxy) is 1. The summed E-state index contributed by atoms with van der Waals surface area (Å²) in [5, 5.41) is 3.22. The van der Waals surface area contributed by atoms with Crippen LogP contribution in [-0.2, 0) is 0 Å². The van der Waals surface area contributed by atoms with Gasteiger partial charge in [-0.25, -0.2) is 0 Å². The minimum absolute atomic E-state index is 0.0693. The lowest BCUT2D eigenvalue weighted by Crippen LogP contribution is -2.47. The molecule has 1 saturated heterocycles. The molecule has 0 spiro atoms. The van der Waals surface area contributed by atoms with Crippen LogP contribution in [0.3, 0.4) is 0 Å². The molecule has 1 fully saturated rings. The molecule has 0 saturated carbocycles. The minimum atomic E-state index is -0.108. The molecule has 6 heteroatoms. The second kappa shape index (κ2) is 9.35. The van der Waals surface area contributed by atoms with Gasteiger partial charge < -0.3 is 15.0 Å². The molecule has 0 aromatic heterocycles. The highest BCUT2D eigenvalue weighted by Gasteiger charge is 2.22. The number of piperazine rings is 1. The monoisotopic (exact) mass is 431 g/mol. The maximum absolute atomic E-state index is 13.0. The molecule has 1 amide bonds. The molecular formula is C21H26BrN3O2. The van der Waals surface area contributed by atoms with E-state index in [1.54, 1.807) is 13.2 Å². The van der Waals surface area contributed by atoms with Gasteiger partial charge in [-0.1, -0.05) is 30.3 Å². The lowest BCUT2D eigenvalue weighted by Gasteiger charge is -2.35. The van der Waals surface area contributed by atoms with E-state index in [1.165, 1.54) is 0 Å². The van der Waals surface area contributed by atoms with Crippen LogP contribution in [0, 0.1) is 0 Å². The highest BCUT2D eigenvalue weighted by Crippen LogP contribution is 2.24. The van der Waals surface area contributed by atoms with E-state index in [0.717, 1.165) is 42.8 Å². The molecule has 2 aromatic rings. The topological polar surface area (TPSA) is 44.8 Å². The molecule has 0 radical (unpaired) electrons. The van der Waals surface area contributed by atoms with Crippen LogP contribution in [0.5, 0.6) is 5.75 Å². The summed E-state index contributed by atoms with van der Waals surface area (Å²) in [6.07, 6.45) is 0. The molecule has 27 heavy (non-hydrogen) atoms. The van der Waals surface area contributed by atoms with Crippen molar-refractivity contribution < 1.29 is 9.53 Å². The molecule has 1 unspecified atom stereocenters. The maximum atomic E-state index is 13.0. The summed E-state index contributed by atoms with van der Waals surface area (Å²) in [6.45, 7) is 4.93. The van der Waals surface area contributed by atoms with E-state index in [4.69, 9.17) is 4.74 Å². The summed E-state index contributed by atoms with van der Waals surface area (Å²) < 4.78 is 6.02. The first-order valence-corrected chi connectivity index (χ1v) is 9.96. The van der Waals surface area contributed by atoms with E-state index in [9.17, 15) is 4.79 Å². The predicted molar refractivity (Wildman–Crippen MR) is 111 cm³/mol. The summed E-state index contributed by atoms with van der Waals surface area (Å²) in [7, 11) is 3.75. The Morgan fingerprint density at radius 3 is 2.52 bits per heavy atom. The highest BCUT2D eigenvalue weighted by molar-refractivity contribution is 9.10. The van der Waals surface area contributed by atoms with E-state index in [1.807, 2.05) is 30.3 Å². The number of carbonyl (C=O) groups is 1. The molecule has 1 heterocycles. The van der Waals surface area contributed by atoms with Crippen molar-refractivity contribution in [2.24, 2.45) is 0 Å². The molecule has 1 aliphatic rings. The van der Waals surface area contributed by atoms with Gasteiger partial charge in [0, 0.05) is 37.2 Å². The Kier molecular flexibility index (Phi) is 6.88. The average Bonchev–Trinajstić information content (AvgIpc) is 2.70. The lowest BCUT2D eigenvalue weighted by atomic mass is 10.0. The zero-order valence-electron chi connectivity index (χ0n) is 15.8. The fourth-order valence-electron chi connectivity index (χ4n) is 3.25. The molecular weight excluding hydrogens is 406 g/mol. The fourth-order valence-corrected chi connectivity index (χ4v) is 3.68. The van der Waals surface area contributed by atoms with Crippen LogP contribution in [0.1, 0.15) is 22.0 Å². The van der Waals surface area contributed by atoms with Crippen LogP contribution < -0.4 is 10.1 Å². The summed E-state index contributed by atoms with van der Waals surface area (Å²) in [6, 6.07) is 15.5. The van der Waals surface area contributed by atoms with Gasteiger partial charge in [0.1, 0.15) is 5.75 Å². The van der Waals surface area contributed by atoms with Crippen molar-refractivity contribution >= 4 is 21.8 Å². The number of halogens is 1. The maximum Gasteiger partial charge on any atom is 0.253 e. The van der Waals surface area contributed by atoms with Crippen LogP contribution in [0.15, 0.2) is 53.0 Å². The summed E-state index contributed by atoms with van der Waals surface area (Å²) in [4.78, 5) is 17.7. The Labute approximate surface area is 169 Å². The Hall–Kier alpha value is -1.89. The third-order valence-electron chi connectivity index (χ3n) is 4.96. The van der Waals surface area contributed by atoms with Crippen molar-refractivity contribution in [3.8, 4) is 5.75 Å². The summed E-state index contributed by atoms with van der Waals surface area (Å²) >= 11 is 3.48. The van der Waals surface area contributed by atoms with E-state index < -0.39 is 0 Å². The van der Waals surface area contributed by atoms with Gasteiger partial charge in [0.25, 0.3) is 5.91 Å². The first-order chi connectivity index (χ1) is 13.1. The van der Waals surface area contributed by atoms with Crippen molar-refractivity contribution in [1.82, 2.24) is 15.1 Å². The number of nitrogens with zero attached hydrogens (tertiary/aromatic N) is 2. The van der Waals surface area contributed by atoms with Crippen molar-refractivity contribution in [2.75, 3.05) is 46.9 Å². The number of likely N-dealkylation sites (N-methyl/N-ethyl adjacent to an activating group) is 1. The Morgan fingerprint density at radius 2 is 1.85 bits per heavy atom. The van der Waals surface area contributed by atoms with Gasteiger partial charge in [-0.05, 0) is 46.7 Å². The van der Waals surface area contributed by atoms with E-state index in [-0.39, 0.29) is 11.9 Å². The highest BCUT2D eigenvalue weighted by atomic mass is 79.9. The number of methoxy groups -OCH3 is 1. The van der Waals surface area contributed by atoms with Crippen LogP contribution in [0.2, 0.25) is 0 Å². The number of hydrogen-bond donors (Lipinski definition) is 1. The molecule has 0 aliphatic carbocycles. The summed E-state index contributed by atoms with van der Waals surface area (Å²) in [5.41, 5.74) is 1.69. The van der Waals surface area contributed by atoms with Crippen molar-refractivity contribution in [1.29, 1.82) is 0 Å². The molecule has 144 valence electrons. The number of nitrogens with one attached hydrogen (secondary N) is 1. The van der Waals surface area contributed by atoms with Crippen molar-refractivity contribution in [3.05, 3.63) is 64.1 Å². The van der Waals surface area contributed by atoms with Gasteiger partial charge in [-0.3, -0.25) is 9.69 Å². The van der Waals surface area contributed by atoms with E-state index >= 15 is 0 Å². The number of benzene rings is 2. The van der Waals surface area contributed by atoms with Gasteiger partial charge in [0.2, 0.25) is 0 Å². The van der Waals surface area contributed by atoms with E-state index in [2.05, 4.69) is 50.2 Å². The average molecular weight is 432 g/mol. The SMILES string of the molecule is COc1ccc(Br)c(C(=O)NC(CN2CCN(C)CC2)c2ccccc2)c1. The largest absolute Gasteiger partial charge is 0.497 e. The van der Waals surface area contributed by atoms with Gasteiger partial charge >= 0.3 is 0 Å². The van der Waals surface area contributed by atoms with Crippen molar-refractivity contribution in [3.63, 3.8) is 0 Å². The standard InChI is InChI=1S/C21H26BrN3O2/c1-24-10-12-25(13-11-24)15-20(16-6-4-3-5-7-16)23-21(26)18-14-17(27-2)8-9-19(18)22/h3-9,14,20H,10-13,15H2,1-2H3,(H,23,26). The lowest BCUT2D eigenvalue weighted by molar-refractivity contribution is 0.0906. The van der Waals surface area contributed by atoms with Crippen LogP contribution in [0.25, 0.3) is 0 Å². The Balaban J connectivity index is 1.78. The second-order valence-corrected chi connectivity index (χ2v) is 7.74. The quantitative estimate of drug-likeness (QED) is 0.762. The first kappa shape index (κ1) is 19.9. The normalized spacial score (nSPS) is 16.7. The van der Waals surface area contributed by atoms with Crippen LogP contribution >= 0.6 is 15.9 Å². The zero-order chi connectivity index (χ0) is 19.2. The molecule has 1 N–H and O–H groups in total. The molecule has 1 aliphatic heterocycles. The van der Waals surface area contributed by atoms with Gasteiger partial charge in [0.15, 0.2) is 0 Å². The first-order valence-electron chi connectivity index (χ1n) is 9.17. The molecule has 5 nitrogen and oxygen atoms in total. The number of amides is 1. The fraction of sp³-hybridized carbons (Fsp3) is 0.381. The Bertz CT molecular complexity index is 761. The predicted octanol–water partition coefficient (Wildman–Crippen LogP) is 3.18. The third kappa shape index (κ3) is 5.31. The molecule has 2 aromatic carbocycles. The Morgan fingerprint density at radius 1 is 1.15 bits per heavy atom. The van der Waals surface area contributed by atoms with Gasteiger partial charge in [0.05, 0.1) is 18.7 Å². The van der Waals surface area contributed by atoms with Crippen LogP contribution in [-0.4, -0.2) is 62.6 Å². The second-order valence-electron chi connectivity index (χ2n) is 6.89. The number of carbonyl (C=O) groups excluding carboxylic acids is 1. The molecule has 0 bridgehead atoms. The summed E-state index contributed by atoms with van der Waals surface area (Å²) in [5.74, 6) is 0.558. The van der Waals surface area contributed by atoms with Gasteiger partial charge in [-0.2, -0.15) is 0 Å². The molecule has 1 atom stereocenters. The zero-order valence-corrected chi connectivity index (χ0v) is 17.4.